The number of benzene rings is 1. The molecular formula is C25H23F4N5O2. The minimum absolute atomic E-state index is 0.0760. The van der Waals surface area contributed by atoms with Gasteiger partial charge in [-0.25, -0.2) is 32.6 Å². The van der Waals surface area contributed by atoms with Crippen molar-refractivity contribution in [2.45, 2.75) is 43.9 Å². The van der Waals surface area contributed by atoms with E-state index in [1.54, 1.807) is 0 Å². The van der Waals surface area contributed by atoms with E-state index in [4.69, 9.17) is 4.84 Å². The summed E-state index contributed by atoms with van der Waals surface area (Å²) in [5.41, 5.74) is 0.740. The SMILES string of the molecule is O=C(Nc1c(-c2cc(F)ccc2F)ccnc1C1CCC(F)(F)CC1)c1cnc(N2CCCO2)nc1. The van der Waals surface area contributed by atoms with E-state index in [1.165, 1.54) is 29.7 Å². The third kappa shape index (κ3) is 5.01. The number of nitrogens with one attached hydrogen (secondary N) is 1. The van der Waals surface area contributed by atoms with Crippen molar-refractivity contribution in [3.05, 3.63) is 65.7 Å². The summed E-state index contributed by atoms with van der Waals surface area (Å²) in [5.74, 6) is -4.79. The Labute approximate surface area is 204 Å². The third-order valence-electron chi connectivity index (χ3n) is 6.42. The van der Waals surface area contributed by atoms with Gasteiger partial charge in [0.05, 0.1) is 30.1 Å². The van der Waals surface area contributed by atoms with E-state index in [0.29, 0.717) is 24.8 Å². The lowest BCUT2D eigenvalue weighted by Gasteiger charge is -2.29. The first-order valence-corrected chi connectivity index (χ1v) is 11.7. The van der Waals surface area contributed by atoms with Crippen molar-refractivity contribution in [1.82, 2.24) is 15.0 Å². The molecule has 0 spiro atoms. The molecule has 0 atom stereocenters. The number of halogens is 4. The van der Waals surface area contributed by atoms with Crippen LogP contribution in [0.25, 0.3) is 11.1 Å². The van der Waals surface area contributed by atoms with E-state index in [0.717, 1.165) is 24.6 Å². The van der Waals surface area contributed by atoms with Crippen LogP contribution in [0.4, 0.5) is 29.2 Å². The summed E-state index contributed by atoms with van der Waals surface area (Å²) in [5, 5.41) is 4.28. The predicted molar refractivity (Wildman–Crippen MR) is 124 cm³/mol. The van der Waals surface area contributed by atoms with Crippen molar-refractivity contribution in [3.63, 3.8) is 0 Å². The highest BCUT2D eigenvalue weighted by Crippen LogP contribution is 2.44. The van der Waals surface area contributed by atoms with E-state index < -0.39 is 23.5 Å². The van der Waals surface area contributed by atoms with Gasteiger partial charge in [-0.05, 0) is 43.5 Å². The Kier molecular flexibility index (Phi) is 6.57. The molecule has 188 valence electrons. The average Bonchev–Trinajstić information content (AvgIpc) is 3.41. The number of hydrogen-bond donors (Lipinski definition) is 1. The van der Waals surface area contributed by atoms with Gasteiger partial charge in [-0.3, -0.25) is 14.6 Å². The van der Waals surface area contributed by atoms with Gasteiger partial charge in [-0.1, -0.05) is 0 Å². The van der Waals surface area contributed by atoms with Crippen LogP contribution in [0.1, 0.15) is 54.1 Å². The molecular weight excluding hydrogens is 478 g/mol. The Bertz CT molecular complexity index is 1260. The Morgan fingerprint density at radius 1 is 1.06 bits per heavy atom. The fraction of sp³-hybridized carbons (Fsp3) is 0.360. The molecule has 3 heterocycles. The van der Waals surface area contributed by atoms with Gasteiger partial charge in [0.2, 0.25) is 11.9 Å². The number of carbonyl (C=O) groups excluding carboxylic acids is 1. The summed E-state index contributed by atoms with van der Waals surface area (Å²) in [6.45, 7) is 1.19. The van der Waals surface area contributed by atoms with Crippen molar-refractivity contribution in [3.8, 4) is 11.1 Å². The van der Waals surface area contributed by atoms with Gasteiger partial charge in [0.15, 0.2) is 0 Å². The topological polar surface area (TPSA) is 80.2 Å². The first-order valence-electron chi connectivity index (χ1n) is 11.7. The number of carbonyl (C=O) groups is 1. The van der Waals surface area contributed by atoms with Gasteiger partial charge in [-0.2, -0.15) is 0 Å². The van der Waals surface area contributed by atoms with Gasteiger partial charge in [-0.15, -0.1) is 0 Å². The lowest BCUT2D eigenvalue weighted by atomic mass is 9.83. The van der Waals surface area contributed by atoms with Crippen molar-refractivity contribution >= 4 is 17.5 Å². The number of alkyl halides is 2. The molecule has 1 N–H and O–H groups in total. The molecule has 1 amide bonds. The summed E-state index contributed by atoms with van der Waals surface area (Å²) in [6, 6.07) is 4.46. The lowest BCUT2D eigenvalue weighted by Crippen LogP contribution is -2.25. The molecule has 0 bridgehead atoms. The van der Waals surface area contributed by atoms with Gasteiger partial charge in [0.25, 0.3) is 5.91 Å². The van der Waals surface area contributed by atoms with Crippen LogP contribution in [0.3, 0.4) is 0 Å². The minimum Gasteiger partial charge on any atom is -0.320 e. The number of hydroxylamine groups is 1. The smallest absolute Gasteiger partial charge is 0.258 e. The zero-order valence-corrected chi connectivity index (χ0v) is 19.2. The number of rotatable bonds is 5. The second kappa shape index (κ2) is 9.81. The number of hydrogen-bond acceptors (Lipinski definition) is 6. The zero-order chi connectivity index (χ0) is 25.3. The summed E-state index contributed by atoms with van der Waals surface area (Å²) in [6.07, 6.45) is 4.56. The fourth-order valence-corrected chi connectivity index (χ4v) is 4.52. The fourth-order valence-electron chi connectivity index (χ4n) is 4.52. The predicted octanol–water partition coefficient (Wildman–Crippen LogP) is 5.50. The van der Waals surface area contributed by atoms with Crippen LogP contribution in [-0.2, 0) is 4.84 Å². The highest BCUT2D eigenvalue weighted by Gasteiger charge is 2.37. The maximum atomic E-state index is 14.7. The van der Waals surface area contributed by atoms with Gasteiger partial charge < -0.3 is 5.32 Å². The molecule has 1 saturated carbocycles. The molecule has 2 aromatic heterocycles. The molecule has 36 heavy (non-hydrogen) atoms. The molecule has 7 nitrogen and oxygen atoms in total. The minimum atomic E-state index is -2.76. The lowest BCUT2D eigenvalue weighted by molar-refractivity contribution is -0.0384. The van der Waals surface area contributed by atoms with Crippen LogP contribution in [0, 0.1) is 11.6 Å². The average molecular weight is 501 g/mol. The summed E-state index contributed by atoms with van der Waals surface area (Å²) in [4.78, 5) is 31.3. The van der Waals surface area contributed by atoms with Crippen LogP contribution < -0.4 is 10.4 Å². The molecule has 1 aromatic carbocycles. The van der Waals surface area contributed by atoms with E-state index in [-0.39, 0.29) is 54.0 Å². The summed E-state index contributed by atoms with van der Waals surface area (Å²) >= 11 is 0. The monoisotopic (exact) mass is 501 g/mol. The molecule has 11 heteroatoms. The van der Waals surface area contributed by atoms with Gasteiger partial charge in [0.1, 0.15) is 11.6 Å². The molecule has 1 aliphatic heterocycles. The highest BCUT2D eigenvalue weighted by molar-refractivity contribution is 6.06. The van der Waals surface area contributed by atoms with E-state index >= 15 is 0 Å². The zero-order valence-electron chi connectivity index (χ0n) is 19.2. The maximum absolute atomic E-state index is 14.7. The van der Waals surface area contributed by atoms with Crippen molar-refractivity contribution in [2.24, 2.45) is 0 Å². The Morgan fingerprint density at radius 3 is 2.50 bits per heavy atom. The largest absolute Gasteiger partial charge is 0.320 e. The van der Waals surface area contributed by atoms with Gasteiger partial charge in [0, 0.05) is 48.5 Å². The number of aromatic nitrogens is 3. The second-order valence-electron chi connectivity index (χ2n) is 8.89. The first kappa shape index (κ1) is 24.1. The quantitative estimate of drug-likeness (QED) is 0.465. The molecule has 2 fully saturated rings. The maximum Gasteiger partial charge on any atom is 0.258 e. The third-order valence-corrected chi connectivity index (χ3v) is 6.42. The Morgan fingerprint density at radius 2 is 1.81 bits per heavy atom. The van der Waals surface area contributed by atoms with Crippen LogP contribution in [-0.4, -0.2) is 39.9 Å². The molecule has 2 aliphatic rings. The number of pyridine rings is 1. The first-order chi connectivity index (χ1) is 17.3. The Hall–Kier alpha value is -3.60. The van der Waals surface area contributed by atoms with E-state index in [9.17, 15) is 22.4 Å². The molecule has 0 radical (unpaired) electrons. The summed E-state index contributed by atoms with van der Waals surface area (Å²) < 4.78 is 56.4. The second-order valence-corrected chi connectivity index (χ2v) is 8.89. The normalized spacial score (nSPS) is 17.8. The van der Waals surface area contributed by atoms with Crippen LogP contribution in [0.5, 0.6) is 0 Å². The van der Waals surface area contributed by atoms with E-state index in [2.05, 4.69) is 20.3 Å². The molecule has 3 aromatic rings. The summed E-state index contributed by atoms with van der Waals surface area (Å²) in [7, 11) is 0. The molecule has 5 rings (SSSR count). The Balaban J connectivity index is 1.50. The highest BCUT2D eigenvalue weighted by atomic mass is 19.3. The van der Waals surface area contributed by atoms with Crippen molar-refractivity contribution < 1.29 is 27.2 Å². The molecule has 0 unspecified atom stereocenters. The van der Waals surface area contributed by atoms with Crippen molar-refractivity contribution in [2.75, 3.05) is 23.5 Å². The van der Waals surface area contributed by atoms with Crippen LogP contribution in [0.15, 0.2) is 42.9 Å². The standard InChI is InChI=1S/C25H23F4N5O2/c26-17-2-3-20(27)19(12-17)18-6-9-30-21(15-4-7-25(28,29)8-5-15)22(18)33-23(35)16-13-31-24(32-14-16)34-10-1-11-36-34/h2-3,6,9,12-15H,1,4-5,7-8,10-11H2,(H,33,35). The van der Waals surface area contributed by atoms with Crippen LogP contribution in [0.2, 0.25) is 0 Å². The van der Waals surface area contributed by atoms with Gasteiger partial charge >= 0.3 is 0 Å². The number of anilines is 2. The molecule has 1 saturated heterocycles. The number of nitrogens with zero attached hydrogens (tertiary/aromatic N) is 4. The van der Waals surface area contributed by atoms with Crippen LogP contribution >= 0.6 is 0 Å². The molecule has 1 aliphatic carbocycles. The van der Waals surface area contributed by atoms with Crippen molar-refractivity contribution in [1.29, 1.82) is 0 Å². The van der Waals surface area contributed by atoms with E-state index in [1.807, 2.05) is 0 Å². The number of amides is 1.